The first kappa shape index (κ1) is 13.3. The van der Waals surface area contributed by atoms with Crippen molar-refractivity contribution in [3.05, 3.63) is 24.0 Å². The van der Waals surface area contributed by atoms with Crippen LogP contribution in [0.3, 0.4) is 0 Å². The fraction of sp³-hybridized carbons (Fsp3) is 0.667. The van der Waals surface area contributed by atoms with Crippen LogP contribution in [0.4, 0.5) is 5.69 Å². The molecule has 1 atom stereocenters. The standard InChI is InChI=1S/C15H25N3/c1-3-13-6-5-9-18(12-13)15-7-8-17-11-14(15)10-16-4-2/h7-8,11,13,16H,3-6,9-10,12H2,1-2H3. The summed E-state index contributed by atoms with van der Waals surface area (Å²) in [6.45, 7) is 8.78. The summed E-state index contributed by atoms with van der Waals surface area (Å²) in [5.41, 5.74) is 2.71. The predicted molar refractivity (Wildman–Crippen MR) is 76.8 cm³/mol. The van der Waals surface area contributed by atoms with Gasteiger partial charge in [0.05, 0.1) is 0 Å². The highest BCUT2D eigenvalue weighted by Gasteiger charge is 2.20. The summed E-state index contributed by atoms with van der Waals surface area (Å²) in [6.07, 6.45) is 7.93. The van der Waals surface area contributed by atoms with E-state index < -0.39 is 0 Å². The minimum absolute atomic E-state index is 0.860. The van der Waals surface area contributed by atoms with Crippen LogP contribution in [0.25, 0.3) is 0 Å². The number of piperidine rings is 1. The average molecular weight is 247 g/mol. The van der Waals surface area contributed by atoms with E-state index in [9.17, 15) is 0 Å². The molecule has 1 aromatic heterocycles. The topological polar surface area (TPSA) is 28.2 Å². The monoisotopic (exact) mass is 247 g/mol. The number of pyridine rings is 1. The molecule has 0 spiro atoms. The summed E-state index contributed by atoms with van der Waals surface area (Å²) in [5, 5.41) is 3.40. The van der Waals surface area contributed by atoms with E-state index in [1.54, 1.807) is 0 Å². The Bertz CT molecular complexity index is 365. The Balaban J connectivity index is 2.11. The molecule has 0 aromatic carbocycles. The van der Waals surface area contributed by atoms with Gasteiger partial charge < -0.3 is 10.2 Å². The smallest absolute Gasteiger partial charge is 0.0442 e. The second-order valence-electron chi connectivity index (χ2n) is 5.15. The highest BCUT2D eigenvalue weighted by atomic mass is 15.1. The van der Waals surface area contributed by atoms with Crippen molar-refractivity contribution in [3.63, 3.8) is 0 Å². The van der Waals surface area contributed by atoms with E-state index in [0.29, 0.717) is 0 Å². The Kier molecular flexibility index (Phi) is 5.00. The van der Waals surface area contributed by atoms with Gasteiger partial charge in [-0.15, -0.1) is 0 Å². The number of nitrogens with one attached hydrogen (secondary N) is 1. The summed E-state index contributed by atoms with van der Waals surface area (Å²) in [7, 11) is 0. The van der Waals surface area contributed by atoms with E-state index in [1.807, 2.05) is 12.4 Å². The average Bonchev–Trinajstić information content (AvgIpc) is 2.45. The Morgan fingerprint density at radius 2 is 2.33 bits per heavy atom. The van der Waals surface area contributed by atoms with Crippen molar-refractivity contribution in [2.24, 2.45) is 5.92 Å². The lowest BCUT2D eigenvalue weighted by atomic mass is 9.95. The first-order valence-electron chi connectivity index (χ1n) is 7.23. The molecular formula is C15H25N3. The fourth-order valence-corrected chi connectivity index (χ4v) is 2.74. The normalized spacial score (nSPS) is 20.1. The van der Waals surface area contributed by atoms with Crippen molar-refractivity contribution in [2.45, 2.75) is 39.7 Å². The molecule has 2 rings (SSSR count). The van der Waals surface area contributed by atoms with Crippen molar-refractivity contribution in [1.82, 2.24) is 10.3 Å². The van der Waals surface area contributed by atoms with Gasteiger partial charge in [-0.25, -0.2) is 0 Å². The highest BCUT2D eigenvalue weighted by molar-refractivity contribution is 5.52. The van der Waals surface area contributed by atoms with Crippen molar-refractivity contribution < 1.29 is 0 Å². The molecule has 0 aliphatic carbocycles. The van der Waals surface area contributed by atoms with Gasteiger partial charge in [0.2, 0.25) is 0 Å². The molecule has 1 unspecified atom stereocenters. The second kappa shape index (κ2) is 6.74. The van der Waals surface area contributed by atoms with Gasteiger partial charge in [0.25, 0.3) is 0 Å². The molecule has 3 nitrogen and oxygen atoms in total. The largest absolute Gasteiger partial charge is 0.371 e. The molecule has 3 heteroatoms. The molecule has 2 heterocycles. The van der Waals surface area contributed by atoms with Gasteiger partial charge in [-0.2, -0.15) is 0 Å². The third-order valence-electron chi connectivity index (χ3n) is 3.88. The van der Waals surface area contributed by atoms with Crippen molar-refractivity contribution >= 4 is 5.69 Å². The minimum atomic E-state index is 0.860. The molecule has 1 aliphatic heterocycles. The molecule has 0 amide bonds. The molecule has 1 aliphatic rings. The summed E-state index contributed by atoms with van der Waals surface area (Å²) >= 11 is 0. The maximum absolute atomic E-state index is 4.27. The first-order valence-corrected chi connectivity index (χ1v) is 7.23. The number of hydrogen-bond donors (Lipinski definition) is 1. The van der Waals surface area contributed by atoms with Gasteiger partial charge in [-0.1, -0.05) is 20.3 Å². The van der Waals surface area contributed by atoms with E-state index in [0.717, 1.165) is 19.0 Å². The summed E-state index contributed by atoms with van der Waals surface area (Å²) in [4.78, 5) is 6.81. The van der Waals surface area contributed by atoms with Crippen LogP contribution in [0.15, 0.2) is 18.5 Å². The first-order chi connectivity index (χ1) is 8.85. The Labute approximate surface area is 111 Å². The van der Waals surface area contributed by atoms with E-state index in [1.165, 1.54) is 43.6 Å². The summed E-state index contributed by atoms with van der Waals surface area (Å²) in [6, 6.07) is 2.17. The van der Waals surface area contributed by atoms with Crippen molar-refractivity contribution in [2.75, 3.05) is 24.5 Å². The molecule has 1 fully saturated rings. The Morgan fingerprint density at radius 3 is 3.11 bits per heavy atom. The molecule has 1 saturated heterocycles. The summed E-state index contributed by atoms with van der Waals surface area (Å²) < 4.78 is 0. The number of hydrogen-bond acceptors (Lipinski definition) is 3. The molecule has 0 radical (unpaired) electrons. The number of rotatable bonds is 5. The third-order valence-corrected chi connectivity index (χ3v) is 3.88. The van der Waals surface area contributed by atoms with Gasteiger partial charge in [0, 0.05) is 43.3 Å². The minimum Gasteiger partial charge on any atom is -0.371 e. The lowest BCUT2D eigenvalue weighted by Gasteiger charge is -2.35. The maximum atomic E-state index is 4.27. The Morgan fingerprint density at radius 1 is 1.44 bits per heavy atom. The van der Waals surface area contributed by atoms with Crippen LogP contribution in [0.1, 0.15) is 38.7 Å². The predicted octanol–water partition coefficient (Wildman–Crippen LogP) is 2.82. The van der Waals surface area contributed by atoms with Crippen LogP contribution in [0, 0.1) is 5.92 Å². The quantitative estimate of drug-likeness (QED) is 0.867. The molecular weight excluding hydrogens is 222 g/mol. The molecule has 0 bridgehead atoms. The van der Waals surface area contributed by atoms with E-state index in [4.69, 9.17) is 0 Å². The lowest BCUT2D eigenvalue weighted by molar-refractivity contribution is 0.404. The van der Waals surface area contributed by atoms with Crippen LogP contribution >= 0.6 is 0 Å². The second-order valence-corrected chi connectivity index (χ2v) is 5.15. The zero-order valence-electron chi connectivity index (χ0n) is 11.7. The van der Waals surface area contributed by atoms with E-state index >= 15 is 0 Å². The maximum Gasteiger partial charge on any atom is 0.0442 e. The molecule has 18 heavy (non-hydrogen) atoms. The van der Waals surface area contributed by atoms with E-state index in [-0.39, 0.29) is 0 Å². The van der Waals surface area contributed by atoms with Crippen molar-refractivity contribution in [3.8, 4) is 0 Å². The number of anilines is 1. The van der Waals surface area contributed by atoms with Gasteiger partial charge in [0.15, 0.2) is 0 Å². The SMILES string of the molecule is CCNCc1cnccc1N1CCCC(CC)C1. The van der Waals surface area contributed by atoms with Gasteiger partial charge in [-0.3, -0.25) is 4.98 Å². The number of nitrogens with zero attached hydrogens (tertiary/aromatic N) is 2. The van der Waals surface area contributed by atoms with Crippen molar-refractivity contribution in [1.29, 1.82) is 0 Å². The van der Waals surface area contributed by atoms with Crippen LogP contribution in [0.2, 0.25) is 0 Å². The molecule has 1 N–H and O–H groups in total. The lowest BCUT2D eigenvalue weighted by Crippen LogP contribution is -2.36. The van der Waals surface area contributed by atoms with Gasteiger partial charge >= 0.3 is 0 Å². The summed E-state index contributed by atoms with van der Waals surface area (Å²) in [5.74, 6) is 0.860. The van der Waals surface area contributed by atoms with E-state index in [2.05, 4.69) is 35.1 Å². The van der Waals surface area contributed by atoms with Crippen LogP contribution < -0.4 is 10.2 Å². The van der Waals surface area contributed by atoms with Gasteiger partial charge in [-0.05, 0) is 31.4 Å². The molecule has 100 valence electrons. The fourth-order valence-electron chi connectivity index (χ4n) is 2.74. The van der Waals surface area contributed by atoms with Crippen LogP contribution in [-0.4, -0.2) is 24.6 Å². The number of aromatic nitrogens is 1. The van der Waals surface area contributed by atoms with Gasteiger partial charge in [0.1, 0.15) is 0 Å². The third kappa shape index (κ3) is 3.22. The van der Waals surface area contributed by atoms with Crippen LogP contribution in [0.5, 0.6) is 0 Å². The Hall–Kier alpha value is -1.09. The zero-order valence-corrected chi connectivity index (χ0v) is 11.7. The zero-order chi connectivity index (χ0) is 12.8. The highest BCUT2D eigenvalue weighted by Crippen LogP contribution is 2.27. The molecule has 0 saturated carbocycles. The van der Waals surface area contributed by atoms with Crippen LogP contribution in [-0.2, 0) is 6.54 Å². The molecule has 1 aromatic rings.